The third-order valence-electron chi connectivity index (χ3n) is 4.96. The molecule has 1 aromatic carbocycles. The molecule has 0 aliphatic carbocycles. The van der Waals surface area contributed by atoms with Crippen LogP contribution in [-0.2, 0) is 0 Å². The number of carbonyl (C=O) groups is 1. The van der Waals surface area contributed by atoms with Gasteiger partial charge >= 0.3 is 0 Å². The molecular formula is C21H28N4O. The minimum absolute atomic E-state index is 0.0561. The van der Waals surface area contributed by atoms with Gasteiger partial charge in [0.25, 0.3) is 5.91 Å². The van der Waals surface area contributed by atoms with Crippen molar-refractivity contribution in [1.29, 1.82) is 0 Å². The molecule has 1 fully saturated rings. The van der Waals surface area contributed by atoms with Crippen molar-refractivity contribution in [3.8, 4) is 0 Å². The number of nitrogens with zero attached hydrogens (tertiary/aromatic N) is 3. The Labute approximate surface area is 156 Å². The first-order valence-corrected chi connectivity index (χ1v) is 9.32. The Morgan fingerprint density at radius 3 is 2.73 bits per heavy atom. The zero-order valence-electron chi connectivity index (χ0n) is 15.7. The molecule has 1 aromatic heterocycles. The predicted octanol–water partition coefficient (Wildman–Crippen LogP) is 2.76. The Morgan fingerprint density at radius 2 is 2.04 bits per heavy atom. The van der Waals surface area contributed by atoms with Gasteiger partial charge in [-0.05, 0) is 43.0 Å². The average Bonchev–Trinajstić information content (AvgIpc) is 2.69. The summed E-state index contributed by atoms with van der Waals surface area (Å²) < 4.78 is 0. The molecule has 2 aromatic rings. The molecule has 1 atom stereocenters. The predicted molar refractivity (Wildman–Crippen MR) is 106 cm³/mol. The summed E-state index contributed by atoms with van der Waals surface area (Å²) in [5.74, 6) is 1.39. The van der Waals surface area contributed by atoms with Gasteiger partial charge in [0.1, 0.15) is 5.82 Å². The molecule has 0 spiro atoms. The summed E-state index contributed by atoms with van der Waals surface area (Å²) in [5, 5.41) is 3.02. The van der Waals surface area contributed by atoms with Crippen LogP contribution in [0.5, 0.6) is 0 Å². The smallest absolute Gasteiger partial charge is 0.252 e. The lowest BCUT2D eigenvalue weighted by Crippen LogP contribution is -2.40. The zero-order valence-corrected chi connectivity index (χ0v) is 15.7. The maximum Gasteiger partial charge on any atom is 0.252 e. The monoisotopic (exact) mass is 352 g/mol. The van der Waals surface area contributed by atoms with Gasteiger partial charge < -0.3 is 15.1 Å². The fourth-order valence-electron chi connectivity index (χ4n) is 3.47. The standard InChI is InChI=1S/C21H28N4O/c1-24(2)20-11-10-18(15-23-20)21(26)22-12-14-25-13-6-9-19(16-25)17-7-4-3-5-8-17/h3-5,7-8,10-11,15,19H,6,9,12-14,16H2,1-2H3,(H,22,26)/t19-/m0/s1. The molecule has 0 bridgehead atoms. The van der Waals surface area contributed by atoms with E-state index in [1.54, 1.807) is 6.20 Å². The number of pyridine rings is 1. The normalized spacial score (nSPS) is 17.7. The molecule has 138 valence electrons. The molecule has 1 N–H and O–H groups in total. The maximum atomic E-state index is 12.3. The summed E-state index contributed by atoms with van der Waals surface area (Å²) in [6, 6.07) is 14.4. The van der Waals surface area contributed by atoms with E-state index in [9.17, 15) is 4.79 Å². The summed E-state index contributed by atoms with van der Waals surface area (Å²) in [6.45, 7) is 3.73. The van der Waals surface area contributed by atoms with Crippen LogP contribution in [0.4, 0.5) is 5.82 Å². The number of rotatable bonds is 6. The summed E-state index contributed by atoms with van der Waals surface area (Å²) in [4.78, 5) is 20.9. The molecular weight excluding hydrogens is 324 g/mol. The molecule has 3 rings (SSSR count). The first-order chi connectivity index (χ1) is 12.6. The number of benzene rings is 1. The molecule has 0 unspecified atom stereocenters. The molecule has 5 heteroatoms. The highest BCUT2D eigenvalue weighted by Crippen LogP contribution is 2.26. The van der Waals surface area contributed by atoms with Gasteiger partial charge in [-0.3, -0.25) is 4.79 Å². The third kappa shape index (κ3) is 4.82. The maximum absolute atomic E-state index is 12.3. The van der Waals surface area contributed by atoms with E-state index in [1.807, 2.05) is 31.1 Å². The Morgan fingerprint density at radius 1 is 1.23 bits per heavy atom. The van der Waals surface area contributed by atoms with E-state index < -0.39 is 0 Å². The number of carbonyl (C=O) groups excluding carboxylic acids is 1. The van der Waals surface area contributed by atoms with Crippen LogP contribution in [0.3, 0.4) is 0 Å². The van der Waals surface area contributed by atoms with Crippen molar-refractivity contribution in [2.24, 2.45) is 0 Å². The van der Waals surface area contributed by atoms with Crippen LogP contribution in [0.2, 0.25) is 0 Å². The van der Waals surface area contributed by atoms with Crippen molar-refractivity contribution >= 4 is 11.7 Å². The van der Waals surface area contributed by atoms with Gasteiger partial charge in [0.2, 0.25) is 0 Å². The Balaban J connectivity index is 1.46. The lowest BCUT2D eigenvalue weighted by molar-refractivity contribution is 0.0945. The second-order valence-electron chi connectivity index (χ2n) is 7.11. The van der Waals surface area contributed by atoms with E-state index in [4.69, 9.17) is 0 Å². The van der Waals surface area contributed by atoms with Gasteiger partial charge in [0.15, 0.2) is 0 Å². The number of anilines is 1. The van der Waals surface area contributed by atoms with Gasteiger partial charge in [0.05, 0.1) is 5.56 Å². The number of nitrogens with one attached hydrogen (secondary N) is 1. The van der Waals surface area contributed by atoms with Crippen molar-refractivity contribution in [2.75, 3.05) is 45.2 Å². The number of piperidine rings is 1. The topological polar surface area (TPSA) is 48.5 Å². The number of amides is 1. The number of likely N-dealkylation sites (tertiary alicyclic amines) is 1. The fraction of sp³-hybridized carbons (Fsp3) is 0.429. The van der Waals surface area contributed by atoms with Gasteiger partial charge in [-0.2, -0.15) is 0 Å². The molecule has 0 saturated carbocycles. The lowest BCUT2D eigenvalue weighted by Gasteiger charge is -2.33. The highest BCUT2D eigenvalue weighted by atomic mass is 16.1. The third-order valence-corrected chi connectivity index (χ3v) is 4.96. The molecule has 5 nitrogen and oxygen atoms in total. The first kappa shape index (κ1) is 18.4. The second kappa shape index (κ2) is 8.81. The molecule has 1 saturated heterocycles. The minimum Gasteiger partial charge on any atom is -0.363 e. The summed E-state index contributed by atoms with van der Waals surface area (Å²) in [5.41, 5.74) is 2.03. The number of hydrogen-bond acceptors (Lipinski definition) is 4. The second-order valence-corrected chi connectivity index (χ2v) is 7.11. The van der Waals surface area contributed by atoms with Crippen molar-refractivity contribution < 1.29 is 4.79 Å². The average molecular weight is 352 g/mol. The highest BCUT2D eigenvalue weighted by Gasteiger charge is 2.20. The van der Waals surface area contributed by atoms with E-state index in [2.05, 4.69) is 45.5 Å². The van der Waals surface area contributed by atoms with E-state index in [1.165, 1.54) is 18.4 Å². The van der Waals surface area contributed by atoms with Crippen molar-refractivity contribution in [3.05, 3.63) is 59.8 Å². The quantitative estimate of drug-likeness (QED) is 0.868. The van der Waals surface area contributed by atoms with Crippen LogP contribution in [0.15, 0.2) is 48.7 Å². The molecule has 1 amide bonds. The molecule has 1 aliphatic heterocycles. The zero-order chi connectivity index (χ0) is 18.4. The van der Waals surface area contributed by atoms with E-state index in [-0.39, 0.29) is 5.91 Å². The van der Waals surface area contributed by atoms with E-state index in [0.717, 1.165) is 25.5 Å². The highest BCUT2D eigenvalue weighted by molar-refractivity contribution is 5.94. The van der Waals surface area contributed by atoms with Crippen LogP contribution in [0, 0.1) is 0 Å². The number of aromatic nitrogens is 1. The first-order valence-electron chi connectivity index (χ1n) is 9.32. The summed E-state index contributed by atoms with van der Waals surface area (Å²) in [7, 11) is 3.87. The molecule has 0 radical (unpaired) electrons. The van der Waals surface area contributed by atoms with Gasteiger partial charge in [-0.1, -0.05) is 30.3 Å². The van der Waals surface area contributed by atoms with Crippen LogP contribution >= 0.6 is 0 Å². The van der Waals surface area contributed by atoms with Crippen LogP contribution in [0.1, 0.15) is 34.7 Å². The molecule has 1 aliphatic rings. The Kier molecular flexibility index (Phi) is 6.23. The van der Waals surface area contributed by atoms with Crippen molar-refractivity contribution in [3.63, 3.8) is 0 Å². The number of hydrogen-bond donors (Lipinski definition) is 1. The van der Waals surface area contributed by atoms with Gasteiger partial charge in [-0.25, -0.2) is 4.98 Å². The van der Waals surface area contributed by atoms with Crippen molar-refractivity contribution in [2.45, 2.75) is 18.8 Å². The SMILES string of the molecule is CN(C)c1ccc(C(=O)NCCN2CCC[C@H](c3ccccc3)C2)cn1. The minimum atomic E-state index is -0.0561. The Hall–Kier alpha value is -2.40. The van der Waals surface area contributed by atoms with Gasteiger partial charge in [-0.15, -0.1) is 0 Å². The lowest BCUT2D eigenvalue weighted by atomic mass is 9.91. The van der Waals surface area contributed by atoms with E-state index >= 15 is 0 Å². The van der Waals surface area contributed by atoms with Crippen LogP contribution in [-0.4, -0.2) is 56.1 Å². The van der Waals surface area contributed by atoms with Gasteiger partial charge in [0, 0.05) is 39.9 Å². The van der Waals surface area contributed by atoms with Crippen molar-refractivity contribution in [1.82, 2.24) is 15.2 Å². The largest absolute Gasteiger partial charge is 0.363 e. The summed E-state index contributed by atoms with van der Waals surface area (Å²) in [6.07, 6.45) is 4.09. The molecule has 2 heterocycles. The van der Waals surface area contributed by atoms with E-state index in [0.29, 0.717) is 18.0 Å². The molecule has 26 heavy (non-hydrogen) atoms. The summed E-state index contributed by atoms with van der Waals surface area (Å²) >= 11 is 0. The fourth-order valence-corrected chi connectivity index (χ4v) is 3.47. The van der Waals surface area contributed by atoms with Crippen LogP contribution in [0.25, 0.3) is 0 Å². The van der Waals surface area contributed by atoms with Crippen LogP contribution < -0.4 is 10.2 Å². The Bertz CT molecular complexity index is 700.